The highest BCUT2D eigenvalue weighted by atomic mass is 19.4. The van der Waals surface area contributed by atoms with Crippen molar-refractivity contribution in [2.45, 2.75) is 39.3 Å². The largest absolute Gasteiger partial charge is 0.461 e. The number of esters is 1. The van der Waals surface area contributed by atoms with Gasteiger partial charge in [0.2, 0.25) is 0 Å². The Kier molecular flexibility index (Phi) is 6.11. The van der Waals surface area contributed by atoms with Gasteiger partial charge in [-0.25, -0.2) is 4.79 Å². The van der Waals surface area contributed by atoms with Crippen molar-refractivity contribution in [3.8, 4) is 0 Å². The van der Waals surface area contributed by atoms with E-state index in [1.54, 1.807) is 30.3 Å². The number of carbonyl (C=O) groups excluding carboxylic acids is 1. The molecule has 1 unspecified atom stereocenters. The first-order valence-corrected chi connectivity index (χ1v) is 8.45. The molecule has 0 heterocycles. The van der Waals surface area contributed by atoms with Crippen LogP contribution >= 0.6 is 0 Å². The first kappa shape index (κ1) is 20.0. The van der Waals surface area contributed by atoms with E-state index in [0.717, 1.165) is 17.7 Å². The van der Waals surface area contributed by atoms with Crippen molar-refractivity contribution in [2.75, 3.05) is 6.61 Å². The molecule has 2 aromatic rings. The summed E-state index contributed by atoms with van der Waals surface area (Å²) in [4.78, 5) is 12.2. The third-order valence-corrected chi connectivity index (χ3v) is 3.99. The van der Waals surface area contributed by atoms with Crippen LogP contribution in [0.15, 0.2) is 54.6 Å². The summed E-state index contributed by atoms with van der Waals surface area (Å²) in [5.74, 6) is -0.610. The van der Waals surface area contributed by atoms with Crippen LogP contribution in [0.2, 0.25) is 0 Å². The lowest BCUT2D eigenvalue weighted by Crippen LogP contribution is -2.19. The van der Waals surface area contributed by atoms with Crippen LogP contribution in [0, 0.1) is 5.41 Å². The molecular formula is C21H23F3O2. The topological polar surface area (TPSA) is 26.3 Å². The molecule has 2 rings (SSSR count). The molecule has 140 valence electrons. The zero-order chi connectivity index (χ0) is 19.4. The van der Waals surface area contributed by atoms with Crippen LogP contribution in [0.4, 0.5) is 13.2 Å². The van der Waals surface area contributed by atoms with Gasteiger partial charge in [-0.3, -0.25) is 0 Å². The maximum Gasteiger partial charge on any atom is 0.416 e. The molecule has 26 heavy (non-hydrogen) atoms. The van der Waals surface area contributed by atoms with Gasteiger partial charge in [-0.15, -0.1) is 0 Å². The Bertz CT molecular complexity index is 714. The fourth-order valence-corrected chi connectivity index (χ4v) is 2.79. The van der Waals surface area contributed by atoms with Crippen LogP contribution in [-0.4, -0.2) is 12.6 Å². The van der Waals surface area contributed by atoms with Crippen LogP contribution in [-0.2, 0) is 10.9 Å². The molecule has 0 fully saturated rings. The number of halogens is 3. The molecule has 0 aliphatic rings. The summed E-state index contributed by atoms with van der Waals surface area (Å²) in [7, 11) is 0. The van der Waals surface area contributed by atoms with E-state index in [4.69, 9.17) is 4.74 Å². The lowest BCUT2D eigenvalue weighted by molar-refractivity contribution is -0.137. The zero-order valence-corrected chi connectivity index (χ0v) is 15.1. The predicted octanol–water partition coefficient (Wildman–Crippen LogP) is 6.08. The number of hydrogen-bond acceptors (Lipinski definition) is 2. The monoisotopic (exact) mass is 364 g/mol. The van der Waals surface area contributed by atoms with Crippen molar-refractivity contribution in [2.24, 2.45) is 5.41 Å². The van der Waals surface area contributed by atoms with Crippen molar-refractivity contribution >= 4 is 5.97 Å². The zero-order valence-electron chi connectivity index (χ0n) is 15.1. The lowest BCUT2D eigenvalue weighted by Gasteiger charge is -2.26. The quantitative estimate of drug-likeness (QED) is 0.601. The number of hydrogen-bond donors (Lipinski definition) is 0. The van der Waals surface area contributed by atoms with Crippen molar-refractivity contribution in [3.05, 3.63) is 71.3 Å². The van der Waals surface area contributed by atoms with Gasteiger partial charge < -0.3 is 4.74 Å². The standard InChI is InChI=1S/C21H23F3O2/c1-20(2,3)13-17(14-26-19(25)16-7-5-4-6-8-16)15-9-11-18(12-10-15)21(22,23)24/h4-12,17H,13-14H2,1-3H3. The minimum atomic E-state index is -4.36. The average molecular weight is 364 g/mol. The molecule has 0 aromatic heterocycles. The van der Waals surface area contributed by atoms with Crippen molar-refractivity contribution in [1.82, 2.24) is 0 Å². The first-order valence-electron chi connectivity index (χ1n) is 8.45. The molecule has 0 radical (unpaired) electrons. The van der Waals surface area contributed by atoms with E-state index in [9.17, 15) is 18.0 Å². The van der Waals surface area contributed by atoms with E-state index >= 15 is 0 Å². The van der Waals surface area contributed by atoms with Gasteiger partial charge in [0.05, 0.1) is 17.7 Å². The summed E-state index contributed by atoms with van der Waals surface area (Å²) in [6.45, 7) is 6.26. The Morgan fingerprint density at radius 3 is 2.04 bits per heavy atom. The number of carbonyl (C=O) groups is 1. The van der Waals surface area contributed by atoms with Crippen LogP contribution < -0.4 is 0 Å². The molecular weight excluding hydrogens is 341 g/mol. The molecule has 0 aliphatic carbocycles. The highest BCUT2D eigenvalue weighted by Gasteiger charge is 2.30. The summed E-state index contributed by atoms with van der Waals surface area (Å²) in [5, 5.41) is 0. The molecule has 1 atom stereocenters. The SMILES string of the molecule is CC(C)(C)CC(COC(=O)c1ccccc1)c1ccc(C(F)(F)F)cc1. The Morgan fingerprint density at radius 1 is 0.962 bits per heavy atom. The maximum absolute atomic E-state index is 12.8. The van der Waals surface area contributed by atoms with E-state index in [0.29, 0.717) is 12.0 Å². The Morgan fingerprint density at radius 2 is 1.54 bits per heavy atom. The third-order valence-electron chi connectivity index (χ3n) is 3.99. The van der Waals surface area contributed by atoms with E-state index in [2.05, 4.69) is 0 Å². The minimum absolute atomic E-state index is 0.0630. The molecule has 0 saturated heterocycles. The van der Waals surface area contributed by atoms with Crippen LogP contribution in [0.3, 0.4) is 0 Å². The first-order chi connectivity index (χ1) is 12.1. The predicted molar refractivity (Wildman–Crippen MR) is 95.0 cm³/mol. The van der Waals surface area contributed by atoms with Crippen molar-refractivity contribution < 1.29 is 22.7 Å². The van der Waals surface area contributed by atoms with E-state index < -0.39 is 17.7 Å². The molecule has 0 bridgehead atoms. The molecule has 0 amide bonds. The molecule has 2 aromatic carbocycles. The smallest absolute Gasteiger partial charge is 0.416 e. The van der Waals surface area contributed by atoms with Gasteiger partial charge in [0.1, 0.15) is 0 Å². The normalized spacial score (nSPS) is 13.3. The summed E-state index contributed by atoms with van der Waals surface area (Å²) < 4.78 is 43.7. The average Bonchev–Trinajstić information content (AvgIpc) is 2.57. The molecule has 0 aliphatic heterocycles. The Balaban J connectivity index is 2.14. The molecule has 2 nitrogen and oxygen atoms in total. The van der Waals surface area contributed by atoms with Crippen LogP contribution in [0.25, 0.3) is 0 Å². The van der Waals surface area contributed by atoms with Crippen LogP contribution in [0.5, 0.6) is 0 Å². The molecule has 0 spiro atoms. The van der Waals surface area contributed by atoms with Gasteiger partial charge in [-0.05, 0) is 41.7 Å². The number of benzene rings is 2. The number of ether oxygens (including phenoxy) is 1. The molecule has 5 heteroatoms. The second-order valence-electron chi connectivity index (χ2n) is 7.55. The fraction of sp³-hybridized carbons (Fsp3) is 0.381. The van der Waals surface area contributed by atoms with Crippen molar-refractivity contribution in [1.29, 1.82) is 0 Å². The second-order valence-corrected chi connectivity index (χ2v) is 7.55. The minimum Gasteiger partial charge on any atom is -0.461 e. The van der Waals surface area contributed by atoms with Gasteiger partial charge in [0.25, 0.3) is 0 Å². The van der Waals surface area contributed by atoms with Crippen LogP contribution in [0.1, 0.15) is 54.6 Å². The highest BCUT2D eigenvalue weighted by molar-refractivity contribution is 5.89. The van der Waals surface area contributed by atoms with Gasteiger partial charge >= 0.3 is 12.1 Å². The maximum atomic E-state index is 12.8. The second kappa shape index (κ2) is 7.94. The number of alkyl halides is 3. The summed E-state index contributed by atoms with van der Waals surface area (Å²) in [6.07, 6.45) is -3.68. The third kappa shape index (κ3) is 5.90. The van der Waals surface area contributed by atoms with E-state index in [1.807, 2.05) is 20.8 Å². The van der Waals surface area contributed by atoms with Gasteiger partial charge in [-0.2, -0.15) is 13.2 Å². The number of rotatable bonds is 5. The van der Waals surface area contributed by atoms with Gasteiger partial charge in [0.15, 0.2) is 0 Å². The molecule has 0 N–H and O–H groups in total. The summed E-state index contributed by atoms with van der Waals surface area (Å²) >= 11 is 0. The van der Waals surface area contributed by atoms with E-state index in [1.165, 1.54) is 12.1 Å². The summed E-state index contributed by atoms with van der Waals surface area (Å²) in [6, 6.07) is 13.7. The Hall–Kier alpha value is -2.30. The van der Waals surface area contributed by atoms with E-state index in [-0.39, 0.29) is 17.9 Å². The lowest BCUT2D eigenvalue weighted by atomic mass is 9.81. The Labute approximate surface area is 152 Å². The highest BCUT2D eigenvalue weighted by Crippen LogP contribution is 2.34. The van der Waals surface area contributed by atoms with Gasteiger partial charge in [-0.1, -0.05) is 51.1 Å². The summed E-state index contributed by atoms with van der Waals surface area (Å²) in [5.41, 5.74) is 0.437. The molecule has 0 saturated carbocycles. The van der Waals surface area contributed by atoms with Crippen molar-refractivity contribution in [3.63, 3.8) is 0 Å². The van der Waals surface area contributed by atoms with Gasteiger partial charge in [0, 0.05) is 5.92 Å². The fourth-order valence-electron chi connectivity index (χ4n) is 2.79.